The molecule has 7 nitrogen and oxygen atoms in total. The van der Waals surface area contributed by atoms with E-state index in [2.05, 4.69) is 9.74 Å². The third kappa shape index (κ3) is 3.03. The van der Waals surface area contributed by atoms with Gasteiger partial charge in [-0.3, -0.25) is 0 Å². The van der Waals surface area contributed by atoms with Gasteiger partial charge in [-0.25, -0.2) is 15.8 Å². The molecular weight excluding hydrogens is 391 g/mol. The first-order valence-electron chi connectivity index (χ1n) is 10.2. The van der Waals surface area contributed by atoms with E-state index >= 15 is 4.39 Å². The number of fused-ring (bicyclic) bond motifs is 1. The number of ether oxygens (including phenoxy) is 4. The monoisotopic (exact) mass is 418 g/mol. The van der Waals surface area contributed by atoms with Crippen molar-refractivity contribution in [2.45, 2.75) is 63.0 Å². The van der Waals surface area contributed by atoms with Crippen LogP contribution in [0.3, 0.4) is 0 Å². The van der Waals surface area contributed by atoms with Gasteiger partial charge in [-0.15, -0.1) is 0 Å². The lowest BCUT2D eigenvalue weighted by molar-refractivity contribution is -0.191. The Kier molecular flexibility index (Phi) is 4.94. The first-order chi connectivity index (χ1) is 14.2. The average molecular weight is 418 g/mol. The molecule has 0 amide bonds. The van der Waals surface area contributed by atoms with Gasteiger partial charge in [0.05, 0.1) is 24.8 Å². The predicted molar refractivity (Wildman–Crippen MR) is 106 cm³/mol. The first kappa shape index (κ1) is 20.9. The molecule has 162 valence electrons. The van der Waals surface area contributed by atoms with E-state index in [9.17, 15) is 4.79 Å². The van der Waals surface area contributed by atoms with Crippen molar-refractivity contribution in [2.75, 3.05) is 27.8 Å². The molecule has 8 heteroatoms. The number of esters is 1. The molecule has 1 unspecified atom stereocenters. The zero-order valence-corrected chi connectivity index (χ0v) is 18.0. The third-order valence-electron chi connectivity index (χ3n) is 6.56. The number of benzene rings is 1. The molecule has 3 atom stereocenters. The maximum absolute atomic E-state index is 15.7. The Morgan fingerprint density at radius 3 is 2.43 bits per heavy atom. The number of rotatable bonds is 4. The summed E-state index contributed by atoms with van der Waals surface area (Å²) in [6.45, 7) is 11.5. The summed E-state index contributed by atoms with van der Waals surface area (Å²) >= 11 is 0. The number of hydrogen-bond acceptors (Lipinski definition) is 6. The van der Waals surface area contributed by atoms with Gasteiger partial charge < -0.3 is 28.7 Å². The van der Waals surface area contributed by atoms with Crippen LogP contribution in [0.15, 0.2) is 0 Å². The maximum atomic E-state index is 15.7. The Morgan fingerprint density at radius 2 is 1.93 bits per heavy atom. The molecule has 2 aliphatic heterocycles. The average Bonchev–Trinajstić information content (AvgIpc) is 3.44. The van der Waals surface area contributed by atoms with Gasteiger partial charge in [-0.05, 0) is 33.9 Å². The predicted octanol–water partition coefficient (Wildman–Crippen LogP) is 3.43. The Balaban J connectivity index is 1.73. The second-order valence-electron chi connectivity index (χ2n) is 8.72. The topological polar surface area (TPSA) is 61.6 Å². The molecule has 0 radical (unpaired) electrons. The summed E-state index contributed by atoms with van der Waals surface area (Å²) in [4.78, 5) is 18.3. The van der Waals surface area contributed by atoms with E-state index in [4.69, 9.17) is 25.5 Å². The largest absolute Gasteiger partial charge is 0.465 e. The number of nitrogens with zero attached hydrogens (tertiary/aromatic N) is 2. The molecular formula is C22H27FN2O5. The van der Waals surface area contributed by atoms with Crippen LogP contribution in [0.1, 0.15) is 54.1 Å². The Bertz CT molecular complexity index is 929. The van der Waals surface area contributed by atoms with Crippen LogP contribution >= 0.6 is 0 Å². The minimum Gasteiger partial charge on any atom is -0.465 e. The van der Waals surface area contributed by atoms with Crippen LogP contribution in [0.4, 0.5) is 4.39 Å². The molecule has 1 aromatic carbocycles. The molecule has 1 aromatic rings. The highest BCUT2D eigenvalue weighted by molar-refractivity contribution is 5.95. The van der Waals surface area contributed by atoms with Crippen LogP contribution < -0.4 is 9.47 Å². The Morgan fingerprint density at radius 1 is 1.27 bits per heavy atom. The van der Waals surface area contributed by atoms with E-state index in [0.29, 0.717) is 37.5 Å². The molecule has 0 N–H and O–H groups in total. The summed E-state index contributed by atoms with van der Waals surface area (Å²) in [6.07, 6.45) is 2.19. The number of likely N-dealkylation sites (N-methyl/N-ethyl adjacent to an activating group) is 1. The van der Waals surface area contributed by atoms with Gasteiger partial charge in [0.1, 0.15) is 6.10 Å². The zero-order chi connectivity index (χ0) is 21.8. The highest BCUT2D eigenvalue weighted by Crippen LogP contribution is 2.57. The van der Waals surface area contributed by atoms with Gasteiger partial charge in [0.15, 0.2) is 11.6 Å². The standard InChI is InChI=1S/C22H27FN2O5/c1-12-15(20(26)27-6)16(22(24-3)9-10-22)17(23)19-18(12)29-21(2,30-19)14-8-7-13(11-28-14)25(4)5/h13-14H,7-11H2,1-2,4-6H3/t13-,14+,21?/m1/s1. The SMILES string of the molecule is [C-]#[N+]C1(c2c(F)c3c(c(C)c2C(=O)OC)OC(C)([C@@H]2CC[C@@H](N(C)C)CO2)O3)CC1. The number of carbonyl (C=O) groups excluding carboxylic acids is 1. The Hall–Kier alpha value is -2.37. The van der Waals surface area contributed by atoms with Crippen LogP contribution in [0.2, 0.25) is 0 Å². The molecule has 2 fully saturated rings. The van der Waals surface area contributed by atoms with E-state index in [-0.39, 0.29) is 28.7 Å². The number of carbonyl (C=O) groups is 1. The van der Waals surface area contributed by atoms with E-state index in [0.717, 1.165) is 6.42 Å². The molecule has 0 aromatic heterocycles. The zero-order valence-electron chi connectivity index (χ0n) is 18.0. The minimum atomic E-state index is -1.22. The van der Waals surface area contributed by atoms with Gasteiger partial charge in [-0.2, -0.15) is 0 Å². The van der Waals surface area contributed by atoms with Crippen molar-refractivity contribution in [2.24, 2.45) is 0 Å². The highest BCUT2D eigenvalue weighted by Gasteiger charge is 2.59. The van der Waals surface area contributed by atoms with Crippen molar-refractivity contribution in [1.82, 2.24) is 4.90 Å². The number of halogens is 1. The summed E-state index contributed by atoms with van der Waals surface area (Å²) in [6, 6.07) is 0.304. The lowest BCUT2D eigenvalue weighted by atomic mass is 9.93. The molecule has 0 spiro atoms. The van der Waals surface area contributed by atoms with E-state index in [1.54, 1.807) is 13.8 Å². The van der Waals surface area contributed by atoms with Crippen LogP contribution in [0.25, 0.3) is 4.85 Å². The van der Waals surface area contributed by atoms with Crippen LogP contribution in [-0.4, -0.2) is 56.6 Å². The smallest absolute Gasteiger partial charge is 0.338 e. The number of methoxy groups -OCH3 is 1. The molecule has 2 heterocycles. The van der Waals surface area contributed by atoms with E-state index < -0.39 is 23.1 Å². The van der Waals surface area contributed by atoms with Crippen molar-refractivity contribution in [3.8, 4) is 11.5 Å². The molecule has 1 saturated carbocycles. The quantitative estimate of drug-likeness (QED) is 0.552. The Labute approximate surface area is 175 Å². The fraction of sp³-hybridized carbons (Fsp3) is 0.636. The molecule has 30 heavy (non-hydrogen) atoms. The summed E-state index contributed by atoms with van der Waals surface area (Å²) < 4.78 is 38.8. The first-order valence-corrected chi connectivity index (χ1v) is 10.2. The summed E-state index contributed by atoms with van der Waals surface area (Å²) in [5.41, 5.74) is -0.498. The summed E-state index contributed by atoms with van der Waals surface area (Å²) in [5, 5.41) is 0. The summed E-state index contributed by atoms with van der Waals surface area (Å²) in [5.74, 6) is -2.48. The van der Waals surface area contributed by atoms with Crippen molar-refractivity contribution in [3.63, 3.8) is 0 Å². The van der Waals surface area contributed by atoms with Gasteiger partial charge in [0, 0.05) is 31.4 Å². The van der Waals surface area contributed by atoms with E-state index in [1.807, 2.05) is 14.1 Å². The van der Waals surface area contributed by atoms with Crippen LogP contribution in [0.5, 0.6) is 11.5 Å². The van der Waals surface area contributed by atoms with Crippen molar-refractivity contribution in [1.29, 1.82) is 0 Å². The van der Waals surface area contributed by atoms with Crippen molar-refractivity contribution < 1.29 is 28.1 Å². The van der Waals surface area contributed by atoms with Crippen molar-refractivity contribution >= 4 is 5.97 Å². The molecule has 0 bridgehead atoms. The minimum absolute atomic E-state index is 0.0501. The lowest BCUT2D eigenvalue weighted by Gasteiger charge is -2.38. The van der Waals surface area contributed by atoms with Gasteiger partial charge in [0.2, 0.25) is 5.75 Å². The molecule has 3 aliphatic rings. The summed E-state index contributed by atoms with van der Waals surface area (Å²) in [7, 11) is 5.26. The fourth-order valence-corrected chi connectivity index (χ4v) is 4.45. The lowest BCUT2D eigenvalue weighted by Crippen LogP contribution is -2.53. The van der Waals surface area contributed by atoms with Gasteiger partial charge in [0.25, 0.3) is 11.3 Å². The third-order valence-corrected chi connectivity index (χ3v) is 6.56. The van der Waals surface area contributed by atoms with Gasteiger partial charge >= 0.3 is 5.97 Å². The molecule has 4 rings (SSSR count). The van der Waals surface area contributed by atoms with Crippen molar-refractivity contribution in [3.05, 3.63) is 33.9 Å². The fourth-order valence-electron chi connectivity index (χ4n) is 4.45. The maximum Gasteiger partial charge on any atom is 0.338 e. The van der Waals surface area contributed by atoms with Crippen LogP contribution in [-0.2, 0) is 15.0 Å². The second-order valence-corrected chi connectivity index (χ2v) is 8.72. The van der Waals surface area contributed by atoms with Crippen LogP contribution in [0, 0.1) is 19.3 Å². The molecule has 1 aliphatic carbocycles. The molecule has 1 saturated heterocycles. The number of hydrogen-bond donors (Lipinski definition) is 0. The second kappa shape index (κ2) is 7.10. The highest BCUT2D eigenvalue weighted by atomic mass is 19.1. The van der Waals surface area contributed by atoms with E-state index in [1.165, 1.54) is 7.11 Å². The normalized spacial score (nSPS) is 28.9. The van der Waals surface area contributed by atoms with Gasteiger partial charge in [-0.1, -0.05) is 0 Å².